The van der Waals surface area contributed by atoms with Gasteiger partial charge in [0.25, 0.3) is 0 Å². The maximum absolute atomic E-state index is 13.7. The lowest BCUT2D eigenvalue weighted by molar-refractivity contribution is 0.302. The second-order valence-electron chi connectivity index (χ2n) is 8.07. The normalized spacial score (nSPS) is 12.5. The van der Waals surface area contributed by atoms with Gasteiger partial charge >= 0.3 is 0 Å². The first kappa shape index (κ1) is 24.8. The summed E-state index contributed by atoms with van der Waals surface area (Å²) in [5.41, 5.74) is 3.37. The van der Waals surface area contributed by atoms with E-state index < -0.39 is 10.0 Å². The summed E-state index contributed by atoms with van der Waals surface area (Å²) in [5, 5.41) is 3.29. The first-order chi connectivity index (χ1) is 15.7. The minimum absolute atomic E-state index is 0.0738. The van der Waals surface area contributed by atoms with Crippen LogP contribution >= 0.6 is 0 Å². The van der Waals surface area contributed by atoms with Gasteiger partial charge in [-0.25, -0.2) is 21.9 Å². The number of nitrogens with one attached hydrogen (secondary N) is 2. The Morgan fingerprint density at radius 2 is 1.58 bits per heavy atom. The van der Waals surface area contributed by atoms with E-state index in [1.807, 2.05) is 31.2 Å². The minimum Gasteiger partial charge on any atom is -0.489 e. The second kappa shape index (κ2) is 11.4. The Balaban J connectivity index is 1.74. The molecule has 0 radical (unpaired) electrons. The molecule has 0 saturated carbocycles. The molecule has 0 bridgehead atoms. The third kappa shape index (κ3) is 8.57. The zero-order valence-corrected chi connectivity index (χ0v) is 19.5. The van der Waals surface area contributed by atoms with Crippen LogP contribution < -0.4 is 14.8 Å². The van der Waals surface area contributed by atoms with Gasteiger partial charge in [-0.3, -0.25) is 0 Å². The largest absolute Gasteiger partial charge is 0.489 e. The fraction of sp³-hybridized carbons (Fsp3) is 0.280. The first-order valence-corrected chi connectivity index (χ1v) is 12.5. The SMILES string of the molecule is C[C@H](CNS(C)(=O)=O)NCc1ccc(OCc2cccc(F)c2)c(Cc2cccc(F)c2)c1. The van der Waals surface area contributed by atoms with Crippen molar-refractivity contribution in [2.45, 2.75) is 32.5 Å². The number of hydrogen-bond acceptors (Lipinski definition) is 4. The van der Waals surface area contributed by atoms with Crippen LogP contribution in [-0.2, 0) is 29.6 Å². The Bertz CT molecular complexity index is 1190. The molecule has 0 aliphatic rings. The third-order valence-electron chi connectivity index (χ3n) is 5.00. The first-order valence-electron chi connectivity index (χ1n) is 10.6. The molecule has 0 spiro atoms. The van der Waals surface area contributed by atoms with Crippen LogP contribution in [0.3, 0.4) is 0 Å². The molecule has 0 aromatic heterocycles. The predicted octanol–water partition coefficient (Wildman–Crippen LogP) is 4.16. The van der Waals surface area contributed by atoms with Crippen molar-refractivity contribution in [2.75, 3.05) is 12.8 Å². The van der Waals surface area contributed by atoms with Crippen LogP contribution in [0.4, 0.5) is 8.78 Å². The maximum atomic E-state index is 13.7. The van der Waals surface area contributed by atoms with Gasteiger partial charge in [-0.1, -0.05) is 36.4 Å². The van der Waals surface area contributed by atoms with E-state index in [1.165, 1.54) is 24.3 Å². The van der Waals surface area contributed by atoms with E-state index >= 15 is 0 Å². The van der Waals surface area contributed by atoms with Crippen molar-refractivity contribution in [1.82, 2.24) is 10.0 Å². The van der Waals surface area contributed by atoms with Crippen molar-refractivity contribution < 1.29 is 21.9 Å². The fourth-order valence-corrected chi connectivity index (χ4v) is 3.87. The highest BCUT2D eigenvalue weighted by Crippen LogP contribution is 2.25. The van der Waals surface area contributed by atoms with Crippen molar-refractivity contribution in [3.8, 4) is 5.75 Å². The highest BCUT2D eigenvalue weighted by molar-refractivity contribution is 7.88. The average molecular weight is 475 g/mol. The van der Waals surface area contributed by atoms with E-state index in [-0.39, 0.29) is 30.8 Å². The smallest absolute Gasteiger partial charge is 0.208 e. The molecular formula is C25H28F2N2O3S. The standard InChI is InChI=1S/C25H28F2N2O3S/c1-18(15-29-33(2,30)31)28-16-20-9-10-25(32-17-21-6-4-8-24(27)14-21)22(12-20)11-19-5-3-7-23(26)13-19/h3-10,12-14,18,28-29H,11,15-17H2,1-2H3/t18-/m1/s1. The third-order valence-corrected chi connectivity index (χ3v) is 5.69. The van der Waals surface area contributed by atoms with E-state index in [1.54, 1.807) is 18.2 Å². The highest BCUT2D eigenvalue weighted by Gasteiger charge is 2.10. The van der Waals surface area contributed by atoms with Gasteiger partial charge in [0.1, 0.15) is 24.0 Å². The van der Waals surface area contributed by atoms with Crippen molar-refractivity contribution >= 4 is 10.0 Å². The molecule has 3 rings (SSSR count). The number of rotatable bonds is 11. The molecule has 3 aromatic carbocycles. The summed E-state index contributed by atoms with van der Waals surface area (Å²) >= 11 is 0. The molecule has 0 aliphatic heterocycles. The molecule has 0 aliphatic carbocycles. The number of sulfonamides is 1. The van der Waals surface area contributed by atoms with Gasteiger partial charge in [0, 0.05) is 25.6 Å². The minimum atomic E-state index is -3.25. The summed E-state index contributed by atoms with van der Waals surface area (Å²) in [6, 6.07) is 18.3. The molecule has 2 N–H and O–H groups in total. The summed E-state index contributed by atoms with van der Waals surface area (Å²) in [5.74, 6) is 0.0100. The Labute approximate surface area is 193 Å². The average Bonchev–Trinajstić information content (AvgIpc) is 2.75. The van der Waals surface area contributed by atoms with E-state index in [0.717, 1.165) is 22.9 Å². The molecule has 0 amide bonds. The van der Waals surface area contributed by atoms with Crippen LogP contribution in [0, 0.1) is 11.6 Å². The van der Waals surface area contributed by atoms with Crippen LogP contribution in [-0.4, -0.2) is 27.3 Å². The molecule has 0 saturated heterocycles. The Kier molecular flexibility index (Phi) is 8.55. The van der Waals surface area contributed by atoms with E-state index in [9.17, 15) is 17.2 Å². The van der Waals surface area contributed by atoms with Crippen molar-refractivity contribution in [3.63, 3.8) is 0 Å². The van der Waals surface area contributed by atoms with E-state index in [2.05, 4.69) is 10.0 Å². The molecule has 1 atom stereocenters. The van der Waals surface area contributed by atoms with Crippen LogP contribution in [0.25, 0.3) is 0 Å². The summed E-state index contributed by atoms with van der Waals surface area (Å²) in [7, 11) is -3.25. The van der Waals surface area contributed by atoms with Gasteiger partial charge in [-0.05, 0) is 59.5 Å². The molecule has 176 valence electrons. The number of halogens is 2. The molecule has 0 unspecified atom stereocenters. The molecule has 8 heteroatoms. The molecule has 33 heavy (non-hydrogen) atoms. The lowest BCUT2D eigenvalue weighted by Crippen LogP contribution is -2.38. The van der Waals surface area contributed by atoms with Gasteiger partial charge in [-0.15, -0.1) is 0 Å². The Morgan fingerprint density at radius 1 is 0.909 bits per heavy atom. The monoisotopic (exact) mass is 474 g/mol. The van der Waals surface area contributed by atoms with Crippen molar-refractivity contribution in [3.05, 3.63) is 101 Å². The van der Waals surface area contributed by atoms with Crippen LogP contribution in [0.5, 0.6) is 5.75 Å². The predicted molar refractivity (Wildman–Crippen MR) is 126 cm³/mol. The second-order valence-corrected chi connectivity index (χ2v) is 9.90. The number of ether oxygens (including phenoxy) is 1. The maximum Gasteiger partial charge on any atom is 0.208 e. The van der Waals surface area contributed by atoms with E-state index in [4.69, 9.17) is 4.74 Å². The Hall–Kier alpha value is -2.81. The van der Waals surface area contributed by atoms with Crippen molar-refractivity contribution in [2.24, 2.45) is 0 Å². The number of hydrogen-bond donors (Lipinski definition) is 2. The van der Waals surface area contributed by atoms with Gasteiger partial charge in [-0.2, -0.15) is 0 Å². The fourth-order valence-electron chi connectivity index (χ4n) is 3.32. The van der Waals surface area contributed by atoms with Crippen LogP contribution in [0.1, 0.15) is 29.2 Å². The summed E-state index contributed by atoms with van der Waals surface area (Å²) in [6.07, 6.45) is 1.59. The zero-order valence-electron chi connectivity index (χ0n) is 18.6. The molecule has 5 nitrogen and oxygen atoms in total. The lowest BCUT2D eigenvalue weighted by atomic mass is 10.0. The summed E-state index contributed by atoms with van der Waals surface area (Å²) in [4.78, 5) is 0. The zero-order chi connectivity index (χ0) is 23.8. The quantitative estimate of drug-likeness (QED) is 0.438. The highest BCUT2D eigenvalue weighted by atomic mass is 32.2. The van der Waals surface area contributed by atoms with Gasteiger partial charge in [0.2, 0.25) is 10.0 Å². The van der Waals surface area contributed by atoms with Crippen molar-refractivity contribution in [1.29, 1.82) is 0 Å². The van der Waals surface area contributed by atoms with Gasteiger partial charge < -0.3 is 10.1 Å². The molecular weight excluding hydrogens is 446 g/mol. The number of benzene rings is 3. The molecule has 0 heterocycles. The lowest BCUT2D eigenvalue weighted by Gasteiger charge is -2.17. The van der Waals surface area contributed by atoms with E-state index in [0.29, 0.717) is 24.3 Å². The Morgan fingerprint density at radius 3 is 2.24 bits per heavy atom. The molecule has 0 fully saturated rings. The summed E-state index contributed by atoms with van der Waals surface area (Å²) in [6.45, 7) is 2.90. The summed E-state index contributed by atoms with van der Waals surface area (Å²) < 4.78 is 58.2. The van der Waals surface area contributed by atoms with Crippen LogP contribution in [0.15, 0.2) is 66.7 Å². The molecule has 3 aromatic rings. The topological polar surface area (TPSA) is 67.4 Å². The van der Waals surface area contributed by atoms with Gasteiger partial charge in [0.15, 0.2) is 0 Å². The van der Waals surface area contributed by atoms with Gasteiger partial charge in [0.05, 0.1) is 6.26 Å². The van der Waals surface area contributed by atoms with Crippen LogP contribution in [0.2, 0.25) is 0 Å².